The Bertz CT molecular complexity index is 461. The molecule has 0 fully saturated rings. The average Bonchev–Trinajstić information content (AvgIpc) is 2.28. The number of alkyl halides is 6. The second-order valence-electron chi connectivity index (χ2n) is 3.12. The van der Waals surface area contributed by atoms with Gasteiger partial charge in [0.2, 0.25) is 0 Å². The minimum absolute atomic E-state index is 0.517. The quantitative estimate of drug-likeness (QED) is 0.473. The van der Waals surface area contributed by atoms with E-state index in [1.54, 1.807) is 0 Å². The van der Waals surface area contributed by atoms with E-state index in [1.807, 2.05) is 0 Å². The van der Waals surface area contributed by atoms with E-state index in [0.29, 0.717) is 0 Å². The Morgan fingerprint density at radius 3 is 2.42 bits per heavy atom. The lowest BCUT2D eigenvalue weighted by molar-refractivity contribution is -0.275. The van der Waals surface area contributed by atoms with Crippen LogP contribution in [-0.2, 0) is 0 Å². The van der Waals surface area contributed by atoms with Gasteiger partial charge in [-0.3, -0.25) is 4.79 Å². The molecule has 0 N–H and O–H groups in total. The van der Waals surface area contributed by atoms with Gasteiger partial charge in [0.25, 0.3) is 0 Å². The molecule has 0 saturated carbocycles. The Morgan fingerprint density at radius 2 is 1.95 bits per heavy atom. The van der Waals surface area contributed by atoms with Gasteiger partial charge in [-0.2, -0.15) is 8.78 Å². The first-order valence-corrected chi connectivity index (χ1v) is 5.20. The Morgan fingerprint density at radius 1 is 1.32 bits per heavy atom. The molecule has 0 amide bonds. The topological polar surface area (TPSA) is 35.5 Å². The van der Waals surface area contributed by atoms with Crippen molar-refractivity contribution in [2.75, 3.05) is 5.88 Å². The number of hydrogen-bond acceptors (Lipinski definition) is 3. The summed E-state index contributed by atoms with van der Waals surface area (Å²) in [7, 11) is 0. The summed E-state index contributed by atoms with van der Waals surface area (Å²) in [6.45, 7) is -3.42. The van der Waals surface area contributed by atoms with Gasteiger partial charge in [0.05, 0.1) is 11.4 Å². The monoisotopic (exact) mass is 304 g/mol. The molecule has 0 atom stereocenters. The van der Waals surface area contributed by atoms with Crippen molar-refractivity contribution in [1.29, 1.82) is 0 Å². The second kappa shape index (κ2) is 6.05. The molecule has 0 aromatic heterocycles. The largest absolute Gasteiger partial charge is 0.573 e. The summed E-state index contributed by atoms with van der Waals surface area (Å²) in [5.41, 5.74) is -0.517. The zero-order valence-electron chi connectivity index (χ0n) is 9.01. The van der Waals surface area contributed by atoms with E-state index < -0.39 is 41.7 Å². The lowest BCUT2D eigenvalue weighted by Crippen LogP contribution is -2.19. The van der Waals surface area contributed by atoms with Crippen LogP contribution >= 0.6 is 11.6 Å². The van der Waals surface area contributed by atoms with Gasteiger partial charge in [0.1, 0.15) is 0 Å². The molecular formula is C10H6ClF5O3. The number of ether oxygens (including phenoxy) is 2. The zero-order chi connectivity index (χ0) is 14.6. The van der Waals surface area contributed by atoms with Crippen LogP contribution < -0.4 is 9.47 Å². The van der Waals surface area contributed by atoms with E-state index >= 15 is 0 Å². The predicted molar refractivity (Wildman–Crippen MR) is 54.8 cm³/mol. The van der Waals surface area contributed by atoms with E-state index in [2.05, 4.69) is 9.47 Å². The molecule has 0 saturated heterocycles. The predicted octanol–water partition coefficient (Wildman–Crippen LogP) is 3.61. The minimum Gasteiger partial charge on any atom is -0.430 e. The highest BCUT2D eigenvalue weighted by molar-refractivity contribution is 6.30. The first-order valence-electron chi connectivity index (χ1n) is 4.67. The van der Waals surface area contributed by atoms with Crippen LogP contribution in [0.5, 0.6) is 11.5 Å². The summed E-state index contributed by atoms with van der Waals surface area (Å²) in [6.07, 6.45) is -5.11. The number of carbonyl (C=O) groups excluding carboxylic acids is 1. The second-order valence-corrected chi connectivity index (χ2v) is 3.38. The number of benzene rings is 1. The van der Waals surface area contributed by atoms with Crippen LogP contribution in [0.3, 0.4) is 0 Å². The lowest BCUT2D eigenvalue weighted by atomic mass is 10.1. The molecule has 0 aliphatic heterocycles. The molecule has 0 aliphatic carbocycles. The van der Waals surface area contributed by atoms with Gasteiger partial charge in [-0.25, -0.2) is 0 Å². The summed E-state index contributed by atoms with van der Waals surface area (Å²) in [4.78, 5) is 11.3. The Balaban J connectivity index is 3.25. The van der Waals surface area contributed by atoms with Crippen LogP contribution in [0.25, 0.3) is 0 Å². The van der Waals surface area contributed by atoms with Crippen LogP contribution in [0, 0.1) is 0 Å². The van der Waals surface area contributed by atoms with Gasteiger partial charge in [0.15, 0.2) is 17.3 Å². The molecule has 1 aromatic carbocycles. The highest BCUT2D eigenvalue weighted by Gasteiger charge is 2.34. The van der Waals surface area contributed by atoms with Gasteiger partial charge >= 0.3 is 13.0 Å². The molecule has 1 aromatic rings. The smallest absolute Gasteiger partial charge is 0.430 e. The Labute approximate surface area is 108 Å². The number of halogens is 6. The van der Waals surface area contributed by atoms with E-state index in [1.165, 1.54) is 0 Å². The maximum atomic E-state index is 12.2. The molecule has 9 heteroatoms. The number of rotatable bonds is 5. The highest BCUT2D eigenvalue weighted by atomic mass is 35.5. The maximum absolute atomic E-state index is 12.2. The zero-order valence-corrected chi connectivity index (χ0v) is 9.76. The minimum atomic E-state index is -5.11. The first-order chi connectivity index (χ1) is 8.74. The normalized spacial score (nSPS) is 11.5. The number of para-hydroxylation sites is 1. The number of hydrogen-bond donors (Lipinski definition) is 0. The van der Waals surface area contributed by atoms with Crippen molar-refractivity contribution < 1.29 is 36.2 Å². The molecular weight excluding hydrogens is 299 g/mol. The first kappa shape index (κ1) is 15.5. The third-order valence-electron chi connectivity index (χ3n) is 1.83. The van der Waals surface area contributed by atoms with E-state index in [9.17, 15) is 26.7 Å². The molecule has 106 valence electrons. The molecule has 3 nitrogen and oxygen atoms in total. The fraction of sp³-hybridized carbons (Fsp3) is 0.300. The summed E-state index contributed by atoms with van der Waals surface area (Å²) in [5, 5.41) is 0. The summed E-state index contributed by atoms with van der Waals surface area (Å²) >= 11 is 5.22. The van der Waals surface area contributed by atoms with E-state index in [0.717, 1.165) is 18.2 Å². The number of carbonyl (C=O) groups is 1. The van der Waals surface area contributed by atoms with E-state index in [-0.39, 0.29) is 0 Å². The van der Waals surface area contributed by atoms with Crippen LogP contribution in [-0.4, -0.2) is 24.6 Å². The van der Waals surface area contributed by atoms with Crippen molar-refractivity contribution in [3.8, 4) is 11.5 Å². The van der Waals surface area contributed by atoms with Crippen LogP contribution in [0.15, 0.2) is 18.2 Å². The van der Waals surface area contributed by atoms with Gasteiger partial charge in [-0.15, -0.1) is 24.8 Å². The van der Waals surface area contributed by atoms with Crippen molar-refractivity contribution in [3.05, 3.63) is 23.8 Å². The molecule has 0 heterocycles. The molecule has 0 bridgehead atoms. The lowest BCUT2D eigenvalue weighted by Gasteiger charge is -2.15. The molecule has 0 radical (unpaired) electrons. The highest BCUT2D eigenvalue weighted by Crippen LogP contribution is 2.36. The van der Waals surface area contributed by atoms with Crippen molar-refractivity contribution >= 4 is 17.4 Å². The third kappa shape index (κ3) is 4.55. The van der Waals surface area contributed by atoms with Crippen LogP contribution in [0.2, 0.25) is 0 Å². The van der Waals surface area contributed by atoms with Gasteiger partial charge in [0, 0.05) is 0 Å². The SMILES string of the molecule is O=C(CCl)c1cccc(OC(F)(F)F)c1OC(F)F. The van der Waals surface area contributed by atoms with E-state index in [4.69, 9.17) is 11.6 Å². The van der Waals surface area contributed by atoms with Crippen molar-refractivity contribution in [3.63, 3.8) is 0 Å². The average molecular weight is 305 g/mol. The maximum Gasteiger partial charge on any atom is 0.573 e. The Hall–Kier alpha value is -1.57. The summed E-state index contributed by atoms with van der Waals surface area (Å²) in [5.74, 6) is -3.51. The standard InChI is InChI=1S/C10H6ClF5O3/c11-4-6(17)5-2-1-3-7(19-10(14,15)16)8(5)18-9(12)13/h1-3,9H,4H2. The molecule has 0 unspecified atom stereocenters. The van der Waals surface area contributed by atoms with Gasteiger partial charge in [-0.05, 0) is 12.1 Å². The van der Waals surface area contributed by atoms with Crippen molar-refractivity contribution in [2.45, 2.75) is 13.0 Å². The summed E-state index contributed by atoms with van der Waals surface area (Å²) < 4.78 is 68.1. The van der Waals surface area contributed by atoms with Crippen molar-refractivity contribution in [1.82, 2.24) is 0 Å². The molecule has 0 spiro atoms. The molecule has 1 rings (SSSR count). The molecule has 19 heavy (non-hydrogen) atoms. The summed E-state index contributed by atoms with van der Waals surface area (Å²) in [6, 6.07) is 2.78. The fourth-order valence-corrected chi connectivity index (χ4v) is 1.37. The number of Topliss-reactive ketones (excluding diaryl/α,β-unsaturated/α-hetero) is 1. The number of ketones is 1. The van der Waals surface area contributed by atoms with Crippen LogP contribution in [0.4, 0.5) is 22.0 Å². The Kier molecular flexibility index (Phi) is 4.93. The van der Waals surface area contributed by atoms with Crippen molar-refractivity contribution in [2.24, 2.45) is 0 Å². The van der Waals surface area contributed by atoms with Gasteiger partial charge in [-0.1, -0.05) is 6.07 Å². The van der Waals surface area contributed by atoms with Crippen LogP contribution in [0.1, 0.15) is 10.4 Å². The fourth-order valence-electron chi connectivity index (χ4n) is 1.22. The molecule has 0 aliphatic rings. The van der Waals surface area contributed by atoms with Gasteiger partial charge < -0.3 is 9.47 Å². The third-order valence-corrected chi connectivity index (χ3v) is 2.08.